The molecule has 0 fully saturated rings. The van der Waals surface area contributed by atoms with Gasteiger partial charge in [-0.2, -0.15) is 0 Å². The van der Waals surface area contributed by atoms with E-state index in [1.54, 1.807) is 0 Å². The Hall–Kier alpha value is -2.70. The van der Waals surface area contributed by atoms with Gasteiger partial charge in [0.05, 0.1) is 65.4 Å². The molecule has 0 aromatic heterocycles. The normalized spacial score (nSPS) is 13.0. The van der Waals surface area contributed by atoms with Crippen molar-refractivity contribution in [2.24, 2.45) is 9.98 Å². The van der Waals surface area contributed by atoms with Gasteiger partial charge in [-0.25, -0.2) is 0 Å². The average Bonchev–Trinajstić information content (AvgIpc) is 3.31. The second kappa shape index (κ2) is 32.2. The maximum atomic E-state index is 11.5. The van der Waals surface area contributed by atoms with Crippen molar-refractivity contribution >= 4 is 12.4 Å². The topological polar surface area (TPSA) is 65.2 Å². The summed E-state index contributed by atoms with van der Waals surface area (Å²) in [4.78, 5) is 9.63. The monoisotopic (exact) mass is 917 g/mol. The minimum Gasteiger partial charge on any atom is -0.507 e. The Labute approximate surface area is 409 Å². The van der Waals surface area contributed by atoms with E-state index in [4.69, 9.17) is 9.98 Å². The van der Waals surface area contributed by atoms with Crippen LogP contribution in [-0.2, 0) is 10.8 Å². The van der Waals surface area contributed by atoms with Crippen molar-refractivity contribution in [2.45, 2.75) is 235 Å². The molecular formula is C60H108N4O2+2. The summed E-state index contributed by atoms with van der Waals surface area (Å²) in [5.41, 5.74) is 6.21. The van der Waals surface area contributed by atoms with Gasteiger partial charge in [0, 0.05) is 23.6 Å². The Morgan fingerprint density at radius 1 is 0.409 bits per heavy atom. The molecule has 0 aliphatic carbocycles. The number of aliphatic imine (C=N–C) groups is 2. The molecule has 0 unspecified atom stereocenters. The third-order valence-corrected chi connectivity index (χ3v) is 15.7. The Balaban J connectivity index is 2.48. The second-order valence-corrected chi connectivity index (χ2v) is 21.7. The summed E-state index contributed by atoms with van der Waals surface area (Å²) in [5.74, 6) is 0.656. The summed E-state index contributed by atoms with van der Waals surface area (Å²) in [5, 5.41) is 22.6. The lowest BCUT2D eigenvalue weighted by Gasteiger charge is -2.42. The smallest absolute Gasteiger partial charge is 0.127 e. The van der Waals surface area contributed by atoms with E-state index >= 15 is 0 Å². The number of nitrogens with zero attached hydrogens (tertiary/aromatic N) is 4. The highest BCUT2D eigenvalue weighted by Gasteiger charge is 2.34. The van der Waals surface area contributed by atoms with Crippen LogP contribution in [0.5, 0.6) is 11.5 Å². The third kappa shape index (κ3) is 19.7. The largest absolute Gasteiger partial charge is 0.507 e. The lowest BCUT2D eigenvalue weighted by atomic mass is 9.73. The maximum Gasteiger partial charge on any atom is 0.127 e. The summed E-state index contributed by atoms with van der Waals surface area (Å²) >= 11 is 0. The van der Waals surface area contributed by atoms with Crippen LogP contribution in [0.1, 0.15) is 244 Å². The molecule has 0 saturated carbocycles. The Morgan fingerprint density at radius 2 is 0.667 bits per heavy atom. The summed E-state index contributed by atoms with van der Waals surface area (Å²) in [6.45, 7) is 39.2. The standard InChI is InChI=1S/C60H106N4O2/c1-13-21-31-59(11,32-22-14-2)55-45-51(9)57(65)53(47-55)49-61-35-36-62-50-54-48-56(46-52(10)58(54)66)60(12,33-29-43-63(37-23-15-3,38-24-16-4)39-25-17-5)34-30-44-64(40-26-18-6,41-27-19-7)42-28-20-8/h45-50H,13-44H2,1-12H3/p+2. The highest BCUT2D eigenvalue weighted by molar-refractivity contribution is 5.85. The average molecular weight is 918 g/mol. The molecule has 378 valence electrons. The molecule has 2 N–H and O–H groups in total. The molecule has 0 amide bonds. The highest BCUT2D eigenvalue weighted by atomic mass is 16.3. The zero-order chi connectivity index (χ0) is 48.9. The van der Waals surface area contributed by atoms with Crippen molar-refractivity contribution in [2.75, 3.05) is 65.4 Å². The molecule has 2 aromatic rings. The molecule has 0 saturated heterocycles. The fourth-order valence-electron chi connectivity index (χ4n) is 10.8. The zero-order valence-corrected chi connectivity index (χ0v) is 45.8. The molecule has 2 rings (SSSR count). The first-order valence-electron chi connectivity index (χ1n) is 28.1. The van der Waals surface area contributed by atoms with Gasteiger partial charge >= 0.3 is 0 Å². The first-order valence-corrected chi connectivity index (χ1v) is 28.1. The van der Waals surface area contributed by atoms with Crippen LogP contribution >= 0.6 is 0 Å². The van der Waals surface area contributed by atoms with E-state index in [0.717, 1.165) is 47.9 Å². The van der Waals surface area contributed by atoms with Crippen LogP contribution in [0.2, 0.25) is 0 Å². The molecule has 66 heavy (non-hydrogen) atoms. The number of phenols is 2. The molecule has 0 spiro atoms. The number of aromatic hydroxyl groups is 2. The molecule has 0 bridgehead atoms. The van der Waals surface area contributed by atoms with Gasteiger partial charge in [-0.1, -0.05) is 146 Å². The van der Waals surface area contributed by atoms with Crippen LogP contribution in [0.15, 0.2) is 34.3 Å². The molecule has 0 heterocycles. The fourth-order valence-corrected chi connectivity index (χ4v) is 10.8. The Morgan fingerprint density at radius 3 is 0.939 bits per heavy atom. The van der Waals surface area contributed by atoms with E-state index in [1.807, 2.05) is 19.4 Å². The molecular weight excluding hydrogens is 809 g/mol. The number of hydrogen-bond acceptors (Lipinski definition) is 4. The van der Waals surface area contributed by atoms with Gasteiger partial charge in [0.15, 0.2) is 0 Å². The first-order chi connectivity index (χ1) is 31.7. The van der Waals surface area contributed by atoms with Crippen LogP contribution in [0.3, 0.4) is 0 Å². The lowest BCUT2D eigenvalue weighted by Crippen LogP contribution is -2.51. The summed E-state index contributed by atoms with van der Waals surface area (Å²) in [6.07, 6.45) is 31.1. The summed E-state index contributed by atoms with van der Waals surface area (Å²) in [6, 6.07) is 8.94. The number of phenolic OH excluding ortho intramolecular Hbond substituents is 2. The zero-order valence-electron chi connectivity index (χ0n) is 45.8. The van der Waals surface area contributed by atoms with E-state index in [1.165, 1.54) is 188 Å². The van der Waals surface area contributed by atoms with E-state index in [2.05, 4.69) is 100 Å². The molecule has 0 aliphatic rings. The van der Waals surface area contributed by atoms with E-state index in [9.17, 15) is 10.2 Å². The van der Waals surface area contributed by atoms with Gasteiger partial charge in [-0.3, -0.25) is 9.98 Å². The number of hydrogen-bond donors (Lipinski definition) is 2. The van der Waals surface area contributed by atoms with Gasteiger partial charge < -0.3 is 19.2 Å². The van der Waals surface area contributed by atoms with Gasteiger partial charge in [0.1, 0.15) is 11.5 Å². The van der Waals surface area contributed by atoms with Crippen LogP contribution in [0.25, 0.3) is 0 Å². The van der Waals surface area contributed by atoms with Crippen LogP contribution in [0, 0.1) is 13.8 Å². The van der Waals surface area contributed by atoms with Crippen molar-refractivity contribution in [3.63, 3.8) is 0 Å². The minimum atomic E-state index is -0.00493. The Kier molecular flexibility index (Phi) is 29.0. The van der Waals surface area contributed by atoms with Gasteiger partial charge in [-0.15, -0.1) is 0 Å². The predicted octanol–water partition coefficient (Wildman–Crippen LogP) is 16.1. The van der Waals surface area contributed by atoms with Crippen molar-refractivity contribution in [1.82, 2.24) is 0 Å². The lowest BCUT2D eigenvalue weighted by molar-refractivity contribution is -0.929. The van der Waals surface area contributed by atoms with Gasteiger partial charge in [0.2, 0.25) is 0 Å². The number of unbranched alkanes of at least 4 members (excludes halogenated alkanes) is 8. The molecule has 2 aromatic carbocycles. The van der Waals surface area contributed by atoms with Gasteiger partial charge in [-0.05, 0) is 136 Å². The van der Waals surface area contributed by atoms with Crippen molar-refractivity contribution in [3.05, 3.63) is 57.6 Å². The van der Waals surface area contributed by atoms with Gasteiger partial charge in [0.25, 0.3) is 0 Å². The number of aryl methyl sites for hydroxylation is 2. The van der Waals surface area contributed by atoms with Crippen molar-refractivity contribution < 1.29 is 19.2 Å². The number of benzene rings is 2. The summed E-state index contributed by atoms with van der Waals surface area (Å²) < 4.78 is 2.57. The van der Waals surface area contributed by atoms with Crippen LogP contribution < -0.4 is 0 Å². The molecule has 0 aliphatic heterocycles. The van der Waals surface area contributed by atoms with E-state index < -0.39 is 0 Å². The minimum absolute atomic E-state index is 0.00493. The van der Waals surface area contributed by atoms with E-state index in [-0.39, 0.29) is 10.8 Å². The maximum absolute atomic E-state index is 11.5. The Bertz CT molecular complexity index is 1570. The van der Waals surface area contributed by atoms with Crippen molar-refractivity contribution in [1.29, 1.82) is 0 Å². The predicted molar refractivity (Wildman–Crippen MR) is 292 cm³/mol. The third-order valence-electron chi connectivity index (χ3n) is 15.7. The van der Waals surface area contributed by atoms with E-state index in [0.29, 0.717) is 24.6 Å². The first kappa shape index (κ1) is 59.4. The van der Waals surface area contributed by atoms with Crippen molar-refractivity contribution in [3.8, 4) is 11.5 Å². The molecule has 6 nitrogen and oxygen atoms in total. The fraction of sp³-hybridized carbons (Fsp3) is 0.767. The SMILES string of the molecule is CCCCC(C)(CCCC)c1cc(C)c(O)c(C=NCCN=Cc2cc(C(C)(CCC[N+](CCCC)(CCCC)CCCC)CCC[N+](CCCC)(CCCC)CCCC)cc(C)c2O)c1. The second-order valence-electron chi connectivity index (χ2n) is 21.7. The summed E-state index contributed by atoms with van der Waals surface area (Å²) in [7, 11) is 0. The highest BCUT2D eigenvalue weighted by Crippen LogP contribution is 2.40. The van der Waals surface area contributed by atoms with Crippen LogP contribution in [-0.4, -0.2) is 97.1 Å². The number of quaternary nitrogens is 2. The van der Waals surface area contributed by atoms with Crippen LogP contribution in [0.4, 0.5) is 0 Å². The molecule has 0 atom stereocenters. The molecule has 0 radical (unpaired) electrons. The number of rotatable bonds is 39. The molecule has 6 heteroatoms. The quantitative estimate of drug-likeness (QED) is 0.0399.